The maximum Gasteiger partial charge on any atom is 0.327 e. The van der Waals surface area contributed by atoms with Crippen LogP contribution in [-0.2, 0) is 14.3 Å². The van der Waals surface area contributed by atoms with Gasteiger partial charge in [-0.15, -0.1) is 0 Å². The van der Waals surface area contributed by atoms with E-state index in [1.807, 2.05) is 0 Å². The molecule has 5 heteroatoms. The van der Waals surface area contributed by atoms with Gasteiger partial charge >= 0.3 is 5.97 Å². The van der Waals surface area contributed by atoms with E-state index in [9.17, 15) is 4.79 Å². The van der Waals surface area contributed by atoms with Gasteiger partial charge in [-0.2, -0.15) is 0 Å². The van der Waals surface area contributed by atoms with E-state index in [2.05, 4.69) is 10.2 Å². The minimum absolute atomic E-state index is 0.116. The quantitative estimate of drug-likeness (QED) is 0.611. The Morgan fingerprint density at radius 1 is 1.47 bits per heavy atom. The highest BCUT2D eigenvalue weighted by Crippen LogP contribution is 2.25. The van der Waals surface area contributed by atoms with Crippen molar-refractivity contribution in [3.8, 4) is 0 Å². The van der Waals surface area contributed by atoms with Gasteiger partial charge in [0.25, 0.3) is 0 Å². The van der Waals surface area contributed by atoms with Crippen molar-refractivity contribution in [3.63, 3.8) is 0 Å². The van der Waals surface area contributed by atoms with E-state index in [4.69, 9.17) is 9.47 Å². The molecule has 15 heavy (non-hydrogen) atoms. The van der Waals surface area contributed by atoms with Crippen molar-refractivity contribution in [3.05, 3.63) is 0 Å². The summed E-state index contributed by atoms with van der Waals surface area (Å²) in [6.45, 7) is 4.62. The first-order valence-electron chi connectivity index (χ1n) is 5.41. The Bertz CT molecular complexity index is 233. The summed E-state index contributed by atoms with van der Waals surface area (Å²) in [6.07, 6.45) is 0.833. The van der Waals surface area contributed by atoms with Crippen LogP contribution in [-0.4, -0.2) is 62.9 Å². The molecule has 0 amide bonds. The van der Waals surface area contributed by atoms with Gasteiger partial charge in [-0.05, 0) is 13.0 Å². The maximum absolute atomic E-state index is 11.9. The van der Waals surface area contributed by atoms with E-state index in [1.165, 1.54) is 7.11 Å². The van der Waals surface area contributed by atoms with Crippen LogP contribution < -0.4 is 5.32 Å². The van der Waals surface area contributed by atoms with Gasteiger partial charge < -0.3 is 14.8 Å². The van der Waals surface area contributed by atoms with E-state index in [0.717, 1.165) is 26.1 Å². The standard InChI is InChI=1S/C10H18N2O3/c1-14-9(13)10(2-3-11-8-10)12-4-6-15-7-5-12/h11H,2-8H2,1H3. The van der Waals surface area contributed by atoms with Crippen LogP contribution in [0.15, 0.2) is 0 Å². The lowest BCUT2D eigenvalue weighted by Gasteiger charge is -2.40. The van der Waals surface area contributed by atoms with Crippen LogP contribution in [0.25, 0.3) is 0 Å². The molecule has 5 nitrogen and oxygen atoms in total. The molecule has 1 unspecified atom stereocenters. The van der Waals surface area contributed by atoms with E-state index in [-0.39, 0.29) is 5.97 Å². The molecule has 0 saturated carbocycles. The topological polar surface area (TPSA) is 50.8 Å². The van der Waals surface area contributed by atoms with Crippen LogP contribution in [0.5, 0.6) is 0 Å². The summed E-state index contributed by atoms with van der Waals surface area (Å²) in [5, 5.41) is 3.24. The molecule has 0 spiro atoms. The zero-order chi connectivity index (χ0) is 10.7. The van der Waals surface area contributed by atoms with E-state index < -0.39 is 5.54 Å². The minimum Gasteiger partial charge on any atom is -0.468 e. The average Bonchev–Trinajstić information content (AvgIpc) is 2.79. The third-order valence-electron chi connectivity index (χ3n) is 3.31. The van der Waals surface area contributed by atoms with E-state index in [1.54, 1.807) is 0 Å². The molecular formula is C10H18N2O3. The van der Waals surface area contributed by atoms with Crippen molar-refractivity contribution in [2.75, 3.05) is 46.5 Å². The lowest BCUT2D eigenvalue weighted by molar-refractivity contribution is -0.157. The summed E-state index contributed by atoms with van der Waals surface area (Å²) in [5.41, 5.74) is -0.446. The number of morpholine rings is 1. The van der Waals surface area contributed by atoms with Crippen molar-refractivity contribution in [2.45, 2.75) is 12.0 Å². The van der Waals surface area contributed by atoms with Crippen molar-refractivity contribution >= 4 is 5.97 Å². The molecule has 2 fully saturated rings. The Balaban J connectivity index is 2.13. The zero-order valence-corrected chi connectivity index (χ0v) is 9.12. The molecule has 2 aliphatic heterocycles. The van der Waals surface area contributed by atoms with Gasteiger partial charge in [0.2, 0.25) is 0 Å². The van der Waals surface area contributed by atoms with Crippen molar-refractivity contribution in [1.29, 1.82) is 0 Å². The maximum atomic E-state index is 11.9. The van der Waals surface area contributed by atoms with Gasteiger partial charge in [-0.1, -0.05) is 0 Å². The smallest absolute Gasteiger partial charge is 0.327 e. The Kier molecular flexibility index (Phi) is 3.23. The molecule has 0 bridgehead atoms. The zero-order valence-electron chi connectivity index (χ0n) is 9.12. The first kappa shape index (κ1) is 10.9. The second kappa shape index (κ2) is 4.47. The molecule has 2 aliphatic rings. The van der Waals surface area contributed by atoms with Crippen LogP contribution in [0.4, 0.5) is 0 Å². The van der Waals surface area contributed by atoms with Gasteiger partial charge in [-0.3, -0.25) is 4.90 Å². The first-order chi connectivity index (χ1) is 7.29. The van der Waals surface area contributed by atoms with E-state index >= 15 is 0 Å². The Hall–Kier alpha value is -0.650. The largest absolute Gasteiger partial charge is 0.468 e. The Morgan fingerprint density at radius 3 is 2.73 bits per heavy atom. The van der Waals surface area contributed by atoms with Gasteiger partial charge in [0.1, 0.15) is 5.54 Å². The second-order valence-electron chi connectivity index (χ2n) is 4.05. The number of hydrogen-bond acceptors (Lipinski definition) is 5. The molecule has 0 radical (unpaired) electrons. The minimum atomic E-state index is -0.446. The molecule has 86 valence electrons. The molecule has 2 heterocycles. The summed E-state index contributed by atoms with van der Waals surface area (Å²) in [4.78, 5) is 14.1. The van der Waals surface area contributed by atoms with E-state index in [0.29, 0.717) is 19.8 Å². The van der Waals surface area contributed by atoms with Crippen LogP contribution in [0, 0.1) is 0 Å². The third kappa shape index (κ3) is 1.87. The van der Waals surface area contributed by atoms with Crippen molar-refractivity contribution < 1.29 is 14.3 Å². The van der Waals surface area contributed by atoms with Gasteiger partial charge in [0.15, 0.2) is 0 Å². The van der Waals surface area contributed by atoms with Gasteiger partial charge in [0.05, 0.1) is 20.3 Å². The SMILES string of the molecule is COC(=O)C1(N2CCOCC2)CCNC1. The molecule has 0 aromatic rings. The fraction of sp³-hybridized carbons (Fsp3) is 0.900. The lowest BCUT2D eigenvalue weighted by Crippen LogP contribution is -2.59. The summed E-state index contributed by atoms with van der Waals surface area (Å²) in [7, 11) is 1.46. The molecule has 0 aliphatic carbocycles. The molecule has 0 aromatic heterocycles. The summed E-state index contributed by atoms with van der Waals surface area (Å²) < 4.78 is 10.2. The second-order valence-corrected chi connectivity index (χ2v) is 4.05. The van der Waals surface area contributed by atoms with Crippen molar-refractivity contribution in [1.82, 2.24) is 10.2 Å². The Morgan fingerprint density at radius 2 is 2.20 bits per heavy atom. The number of rotatable bonds is 2. The Labute approximate surface area is 89.7 Å². The molecule has 0 aromatic carbocycles. The molecule has 1 atom stereocenters. The first-order valence-corrected chi connectivity index (χ1v) is 5.41. The van der Waals surface area contributed by atoms with Gasteiger partial charge in [-0.25, -0.2) is 4.79 Å². The lowest BCUT2D eigenvalue weighted by atomic mass is 9.95. The van der Waals surface area contributed by atoms with Crippen LogP contribution in [0.3, 0.4) is 0 Å². The highest BCUT2D eigenvalue weighted by Gasteiger charge is 2.47. The number of nitrogens with one attached hydrogen (secondary N) is 1. The fourth-order valence-electron chi connectivity index (χ4n) is 2.43. The monoisotopic (exact) mass is 214 g/mol. The summed E-state index contributed by atoms with van der Waals surface area (Å²) >= 11 is 0. The highest BCUT2D eigenvalue weighted by molar-refractivity contribution is 5.81. The number of hydrogen-bond donors (Lipinski definition) is 1. The molecule has 2 saturated heterocycles. The van der Waals surface area contributed by atoms with Crippen LogP contribution in [0.1, 0.15) is 6.42 Å². The number of methoxy groups -OCH3 is 1. The van der Waals surface area contributed by atoms with Gasteiger partial charge in [0, 0.05) is 19.6 Å². The third-order valence-corrected chi connectivity index (χ3v) is 3.31. The summed E-state index contributed by atoms with van der Waals surface area (Å²) in [5.74, 6) is -0.116. The molecule has 1 N–H and O–H groups in total. The predicted octanol–water partition coefficient (Wildman–Crippen LogP) is -0.776. The number of esters is 1. The molecule has 2 rings (SSSR count). The number of nitrogens with zero attached hydrogens (tertiary/aromatic N) is 1. The van der Waals surface area contributed by atoms with Crippen LogP contribution >= 0.6 is 0 Å². The highest BCUT2D eigenvalue weighted by atomic mass is 16.5. The number of ether oxygens (including phenoxy) is 2. The summed E-state index contributed by atoms with van der Waals surface area (Å²) in [6, 6.07) is 0. The average molecular weight is 214 g/mol. The molecular weight excluding hydrogens is 196 g/mol. The van der Waals surface area contributed by atoms with Crippen LogP contribution in [0.2, 0.25) is 0 Å². The van der Waals surface area contributed by atoms with Crippen molar-refractivity contribution in [2.24, 2.45) is 0 Å². The fourth-order valence-corrected chi connectivity index (χ4v) is 2.43. The number of carbonyl (C=O) groups excluding carboxylic acids is 1. The predicted molar refractivity (Wildman–Crippen MR) is 54.6 cm³/mol. The normalized spacial score (nSPS) is 32.9. The number of carbonyl (C=O) groups is 1.